The van der Waals surface area contributed by atoms with Gasteiger partial charge in [-0.05, 0) is 37.9 Å². The Morgan fingerprint density at radius 1 is 1.08 bits per heavy atom. The Morgan fingerprint density at radius 2 is 1.92 bits per heavy atom. The van der Waals surface area contributed by atoms with Crippen molar-refractivity contribution < 1.29 is 0 Å². The Kier molecular flexibility index (Phi) is 3.20. The van der Waals surface area contributed by atoms with Crippen LogP contribution in [0.5, 0.6) is 0 Å². The zero-order valence-corrected chi connectivity index (χ0v) is 9.57. The standard InChI is InChI=1S/C11H21NS/c1-8-4-3-5-9(8)12-10-6-7-11(10)13-2/h8-12H,3-7H2,1-2H3. The molecular formula is C11H21NS. The van der Waals surface area contributed by atoms with Crippen LogP contribution in [0.2, 0.25) is 0 Å². The lowest BCUT2D eigenvalue weighted by Crippen LogP contribution is -2.51. The summed E-state index contributed by atoms with van der Waals surface area (Å²) in [7, 11) is 0. The van der Waals surface area contributed by atoms with Crippen molar-refractivity contribution in [2.75, 3.05) is 6.26 Å². The molecule has 2 rings (SSSR count). The van der Waals surface area contributed by atoms with Gasteiger partial charge in [0, 0.05) is 17.3 Å². The van der Waals surface area contributed by atoms with Gasteiger partial charge in [-0.1, -0.05) is 13.3 Å². The first-order valence-corrected chi connectivity index (χ1v) is 6.89. The lowest BCUT2D eigenvalue weighted by Gasteiger charge is -2.39. The normalized spacial score (nSPS) is 44.8. The molecular weight excluding hydrogens is 178 g/mol. The maximum atomic E-state index is 3.85. The van der Waals surface area contributed by atoms with Crippen molar-refractivity contribution >= 4 is 11.8 Å². The van der Waals surface area contributed by atoms with Gasteiger partial charge in [0.05, 0.1) is 0 Å². The maximum Gasteiger partial charge on any atom is 0.0199 e. The Labute approximate surface area is 86.0 Å². The molecule has 1 N–H and O–H groups in total. The molecule has 0 aromatic rings. The quantitative estimate of drug-likeness (QED) is 0.750. The Morgan fingerprint density at radius 3 is 2.38 bits per heavy atom. The molecule has 2 heteroatoms. The number of hydrogen-bond donors (Lipinski definition) is 1. The SMILES string of the molecule is CSC1CCC1NC1CCCC1C. The van der Waals surface area contributed by atoms with Crippen molar-refractivity contribution in [1.29, 1.82) is 0 Å². The van der Waals surface area contributed by atoms with Gasteiger partial charge >= 0.3 is 0 Å². The van der Waals surface area contributed by atoms with Gasteiger partial charge < -0.3 is 5.32 Å². The van der Waals surface area contributed by atoms with Crippen molar-refractivity contribution in [1.82, 2.24) is 5.32 Å². The number of thioether (sulfide) groups is 1. The highest BCUT2D eigenvalue weighted by Crippen LogP contribution is 2.33. The van der Waals surface area contributed by atoms with Gasteiger partial charge in [-0.3, -0.25) is 0 Å². The first-order valence-electron chi connectivity index (χ1n) is 5.60. The largest absolute Gasteiger partial charge is 0.310 e. The Hall–Kier alpha value is 0.310. The van der Waals surface area contributed by atoms with Crippen LogP contribution in [-0.4, -0.2) is 23.6 Å². The van der Waals surface area contributed by atoms with Crippen LogP contribution in [0.25, 0.3) is 0 Å². The minimum absolute atomic E-state index is 0.833. The van der Waals surface area contributed by atoms with E-state index in [1.165, 1.54) is 32.1 Å². The van der Waals surface area contributed by atoms with E-state index in [9.17, 15) is 0 Å². The molecule has 2 saturated carbocycles. The molecule has 0 heterocycles. The topological polar surface area (TPSA) is 12.0 Å². The fraction of sp³-hybridized carbons (Fsp3) is 1.00. The van der Waals surface area contributed by atoms with Gasteiger partial charge in [-0.25, -0.2) is 0 Å². The molecule has 4 unspecified atom stereocenters. The highest BCUT2D eigenvalue weighted by Gasteiger charge is 2.34. The highest BCUT2D eigenvalue weighted by atomic mass is 32.2. The van der Waals surface area contributed by atoms with Gasteiger partial charge in [-0.15, -0.1) is 0 Å². The van der Waals surface area contributed by atoms with Crippen LogP contribution in [0.4, 0.5) is 0 Å². The molecule has 0 saturated heterocycles. The van der Waals surface area contributed by atoms with Crippen LogP contribution >= 0.6 is 11.8 Å². The van der Waals surface area contributed by atoms with E-state index in [4.69, 9.17) is 0 Å². The summed E-state index contributed by atoms with van der Waals surface area (Å²) in [5.41, 5.74) is 0. The predicted molar refractivity (Wildman–Crippen MR) is 60.3 cm³/mol. The molecule has 2 fully saturated rings. The molecule has 0 spiro atoms. The lowest BCUT2D eigenvalue weighted by molar-refractivity contribution is 0.289. The van der Waals surface area contributed by atoms with Crippen LogP contribution in [0.3, 0.4) is 0 Å². The van der Waals surface area contributed by atoms with E-state index in [1.54, 1.807) is 0 Å². The van der Waals surface area contributed by atoms with E-state index in [0.29, 0.717) is 0 Å². The summed E-state index contributed by atoms with van der Waals surface area (Å²) in [6, 6.07) is 1.67. The van der Waals surface area contributed by atoms with Crippen molar-refractivity contribution in [3.05, 3.63) is 0 Å². The van der Waals surface area contributed by atoms with Crippen molar-refractivity contribution in [2.45, 2.75) is 56.4 Å². The number of nitrogens with one attached hydrogen (secondary N) is 1. The molecule has 0 aromatic carbocycles. The molecule has 0 radical (unpaired) electrons. The summed E-state index contributed by atoms with van der Waals surface area (Å²) in [4.78, 5) is 0. The van der Waals surface area contributed by atoms with Crippen molar-refractivity contribution in [3.63, 3.8) is 0 Å². The van der Waals surface area contributed by atoms with E-state index in [1.807, 2.05) is 11.8 Å². The minimum atomic E-state index is 0.833. The van der Waals surface area contributed by atoms with E-state index < -0.39 is 0 Å². The molecule has 13 heavy (non-hydrogen) atoms. The van der Waals surface area contributed by atoms with E-state index in [2.05, 4.69) is 18.5 Å². The number of rotatable bonds is 3. The second-order valence-electron chi connectivity index (χ2n) is 4.64. The van der Waals surface area contributed by atoms with Crippen molar-refractivity contribution in [3.8, 4) is 0 Å². The van der Waals surface area contributed by atoms with Gasteiger partial charge in [0.1, 0.15) is 0 Å². The first-order chi connectivity index (χ1) is 6.31. The summed E-state index contributed by atoms with van der Waals surface area (Å²) in [5.74, 6) is 0.920. The van der Waals surface area contributed by atoms with Crippen LogP contribution in [0.15, 0.2) is 0 Å². The third-order valence-electron chi connectivity index (χ3n) is 3.80. The van der Waals surface area contributed by atoms with Crippen LogP contribution < -0.4 is 5.32 Å². The molecule has 76 valence electrons. The molecule has 1 nitrogen and oxygen atoms in total. The number of hydrogen-bond acceptors (Lipinski definition) is 2. The molecule has 4 atom stereocenters. The van der Waals surface area contributed by atoms with Crippen LogP contribution in [0.1, 0.15) is 39.0 Å². The Balaban J connectivity index is 1.77. The molecule has 0 bridgehead atoms. The zero-order valence-electron chi connectivity index (χ0n) is 8.75. The van der Waals surface area contributed by atoms with E-state index in [-0.39, 0.29) is 0 Å². The van der Waals surface area contributed by atoms with Gasteiger partial charge in [0.15, 0.2) is 0 Å². The second kappa shape index (κ2) is 4.22. The predicted octanol–water partition coefficient (Wildman–Crippen LogP) is 2.66. The van der Waals surface area contributed by atoms with E-state index >= 15 is 0 Å². The van der Waals surface area contributed by atoms with Gasteiger partial charge in [0.25, 0.3) is 0 Å². The second-order valence-corrected chi connectivity index (χ2v) is 5.72. The highest BCUT2D eigenvalue weighted by molar-refractivity contribution is 7.99. The first kappa shape index (κ1) is 9.85. The maximum absolute atomic E-state index is 3.85. The monoisotopic (exact) mass is 199 g/mol. The smallest absolute Gasteiger partial charge is 0.0199 e. The molecule has 2 aliphatic carbocycles. The third kappa shape index (κ3) is 2.04. The Bertz CT molecular complexity index is 169. The molecule has 0 aromatic heterocycles. The average Bonchev–Trinajstić information content (AvgIpc) is 2.46. The summed E-state index contributed by atoms with van der Waals surface area (Å²) < 4.78 is 0. The van der Waals surface area contributed by atoms with E-state index in [0.717, 1.165) is 23.3 Å². The fourth-order valence-corrected chi connectivity index (χ4v) is 3.53. The summed E-state index contributed by atoms with van der Waals surface area (Å²) >= 11 is 2.04. The zero-order chi connectivity index (χ0) is 9.26. The fourth-order valence-electron chi connectivity index (χ4n) is 2.61. The molecule has 0 aliphatic heterocycles. The van der Waals surface area contributed by atoms with Crippen LogP contribution in [-0.2, 0) is 0 Å². The summed E-state index contributed by atoms with van der Waals surface area (Å²) in [5, 5.41) is 4.76. The molecule has 2 aliphatic rings. The van der Waals surface area contributed by atoms with Crippen molar-refractivity contribution in [2.24, 2.45) is 5.92 Å². The lowest BCUT2D eigenvalue weighted by atomic mass is 9.90. The van der Waals surface area contributed by atoms with Crippen LogP contribution in [0, 0.1) is 5.92 Å². The summed E-state index contributed by atoms with van der Waals surface area (Å²) in [6.45, 7) is 2.40. The third-order valence-corrected chi connectivity index (χ3v) is 4.97. The summed E-state index contributed by atoms with van der Waals surface area (Å²) in [6.07, 6.45) is 9.38. The van der Waals surface area contributed by atoms with Gasteiger partial charge in [0.2, 0.25) is 0 Å². The average molecular weight is 199 g/mol. The molecule has 0 amide bonds. The van der Waals surface area contributed by atoms with Gasteiger partial charge in [-0.2, -0.15) is 11.8 Å². The minimum Gasteiger partial charge on any atom is -0.310 e.